The summed E-state index contributed by atoms with van der Waals surface area (Å²) in [5.41, 5.74) is 1.09. The van der Waals surface area contributed by atoms with E-state index in [1.165, 1.54) is 6.07 Å². The lowest BCUT2D eigenvalue weighted by molar-refractivity contribution is -0.116. The van der Waals surface area contributed by atoms with E-state index in [4.69, 9.17) is 0 Å². The molecule has 1 amide bonds. The summed E-state index contributed by atoms with van der Waals surface area (Å²) in [6.45, 7) is 2.49. The zero-order chi connectivity index (χ0) is 12.0. The van der Waals surface area contributed by atoms with E-state index in [2.05, 4.69) is 10.6 Å². The molecule has 0 aliphatic heterocycles. The highest BCUT2D eigenvalue weighted by molar-refractivity contribution is 5.90. The monoisotopic (exact) mass is 260 g/mol. The van der Waals surface area contributed by atoms with Gasteiger partial charge in [-0.15, -0.1) is 12.4 Å². The summed E-state index contributed by atoms with van der Waals surface area (Å²) < 4.78 is 13.2. The second kappa shape index (κ2) is 8.03. The Bertz CT molecular complexity index is 372. The number of aryl methyl sites for hydroxylation is 1. The van der Waals surface area contributed by atoms with Gasteiger partial charge in [-0.3, -0.25) is 4.79 Å². The molecule has 0 unspecified atom stereocenters. The van der Waals surface area contributed by atoms with Crippen molar-refractivity contribution in [1.82, 2.24) is 5.32 Å². The highest BCUT2D eigenvalue weighted by atomic mass is 35.5. The molecule has 1 aromatic rings. The van der Waals surface area contributed by atoms with E-state index in [-0.39, 0.29) is 24.1 Å². The van der Waals surface area contributed by atoms with Gasteiger partial charge in [0.05, 0.1) is 0 Å². The molecule has 0 atom stereocenters. The average molecular weight is 261 g/mol. The quantitative estimate of drug-likeness (QED) is 0.799. The Hall–Kier alpha value is -1.13. The molecule has 0 saturated heterocycles. The highest BCUT2D eigenvalue weighted by Crippen LogP contribution is 2.13. The molecule has 0 aliphatic rings. The number of carbonyl (C=O) groups excluding carboxylic acids is 1. The molecule has 5 heteroatoms. The smallest absolute Gasteiger partial charge is 0.224 e. The van der Waals surface area contributed by atoms with E-state index in [0.717, 1.165) is 13.0 Å². The van der Waals surface area contributed by atoms with Crippen LogP contribution in [0.25, 0.3) is 0 Å². The topological polar surface area (TPSA) is 41.1 Å². The lowest BCUT2D eigenvalue weighted by atomic mass is 10.2. The summed E-state index contributed by atoms with van der Waals surface area (Å²) >= 11 is 0. The first-order chi connectivity index (χ1) is 7.63. The van der Waals surface area contributed by atoms with E-state index in [9.17, 15) is 9.18 Å². The van der Waals surface area contributed by atoms with Crippen molar-refractivity contribution < 1.29 is 9.18 Å². The molecule has 0 aliphatic carbocycles. The van der Waals surface area contributed by atoms with Gasteiger partial charge in [0, 0.05) is 12.1 Å². The maximum atomic E-state index is 13.2. The van der Waals surface area contributed by atoms with Crippen LogP contribution < -0.4 is 10.6 Å². The van der Waals surface area contributed by atoms with Crippen molar-refractivity contribution in [2.75, 3.05) is 18.9 Å². The van der Waals surface area contributed by atoms with E-state index in [1.54, 1.807) is 19.1 Å². The van der Waals surface area contributed by atoms with E-state index in [1.807, 2.05) is 7.05 Å². The maximum absolute atomic E-state index is 13.2. The van der Waals surface area contributed by atoms with Crippen LogP contribution in [0.2, 0.25) is 0 Å². The van der Waals surface area contributed by atoms with Gasteiger partial charge >= 0.3 is 0 Å². The maximum Gasteiger partial charge on any atom is 0.224 e. The van der Waals surface area contributed by atoms with Gasteiger partial charge in [-0.2, -0.15) is 0 Å². The van der Waals surface area contributed by atoms with E-state index in [0.29, 0.717) is 17.7 Å². The van der Waals surface area contributed by atoms with E-state index >= 15 is 0 Å². The molecule has 17 heavy (non-hydrogen) atoms. The van der Waals surface area contributed by atoms with Gasteiger partial charge in [0.1, 0.15) is 5.82 Å². The molecule has 0 fully saturated rings. The van der Waals surface area contributed by atoms with Crippen molar-refractivity contribution >= 4 is 24.0 Å². The minimum atomic E-state index is -0.298. The van der Waals surface area contributed by atoms with Crippen molar-refractivity contribution in [2.24, 2.45) is 0 Å². The molecule has 3 nitrogen and oxygen atoms in total. The number of hydrogen-bond acceptors (Lipinski definition) is 2. The number of rotatable bonds is 5. The molecular formula is C12H18ClFN2O. The summed E-state index contributed by atoms with van der Waals surface area (Å²) in [6, 6.07) is 4.69. The van der Waals surface area contributed by atoms with Crippen LogP contribution in [0.5, 0.6) is 0 Å². The Kier molecular flexibility index (Phi) is 7.50. The highest BCUT2D eigenvalue weighted by Gasteiger charge is 2.03. The molecule has 1 aromatic carbocycles. The summed E-state index contributed by atoms with van der Waals surface area (Å²) in [6.07, 6.45) is 1.22. The van der Waals surface area contributed by atoms with Gasteiger partial charge in [-0.25, -0.2) is 4.39 Å². The fourth-order valence-corrected chi connectivity index (χ4v) is 1.32. The zero-order valence-electron chi connectivity index (χ0n) is 10.0. The molecule has 2 N–H and O–H groups in total. The van der Waals surface area contributed by atoms with Gasteiger partial charge < -0.3 is 10.6 Å². The largest absolute Gasteiger partial charge is 0.326 e. The van der Waals surface area contributed by atoms with Crippen molar-refractivity contribution in [2.45, 2.75) is 19.8 Å². The first-order valence-corrected chi connectivity index (χ1v) is 5.34. The molecule has 0 aromatic heterocycles. The van der Waals surface area contributed by atoms with Crippen molar-refractivity contribution in [1.29, 1.82) is 0 Å². The van der Waals surface area contributed by atoms with Crippen LogP contribution in [0.4, 0.5) is 10.1 Å². The Morgan fingerprint density at radius 2 is 2.12 bits per heavy atom. The van der Waals surface area contributed by atoms with Gasteiger partial charge in [0.25, 0.3) is 0 Å². The SMILES string of the molecule is CNCCCC(=O)Nc1ccc(C)c(F)c1.Cl. The zero-order valence-corrected chi connectivity index (χ0v) is 10.9. The van der Waals surface area contributed by atoms with Crippen LogP contribution in [-0.4, -0.2) is 19.5 Å². The molecule has 0 heterocycles. The number of benzene rings is 1. The molecule has 0 bridgehead atoms. The van der Waals surface area contributed by atoms with Crippen LogP contribution >= 0.6 is 12.4 Å². The number of carbonyl (C=O) groups is 1. The van der Waals surface area contributed by atoms with Crippen LogP contribution in [-0.2, 0) is 4.79 Å². The van der Waals surface area contributed by atoms with Crippen LogP contribution in [0.1, 0.15) is 18.4 Å². The number of nitrogens with one attached hydrogen (secondary N) is 2. The Morgan fingerprint density at radius 1 is 1.41 bits per heavy atom. The van der Waals surface area contributed by atoms with Crippen LogP contribution in [0.3, 0.4) is 0 Å². The molecular weight excluding hydrogens is 243 g/mol. The number of hydrogen-bond donors (Lipinski definition) is 2. The first kappa shape index (κ1) is 15.9. The van der Waals surface area contributed by atoms with Gasteiger partial charge in [0.2, 0.25) is 5.91 Å². The predicted molar refractivity (Wildman–Crippen MR) is 70.2 cm³/mol. The lowest BCUT2D eigenvalue weighted by Crippen LogP contribution is -2.15. The fraction of sp³-hybridized carbons (Fsp3) is 0.417. The second-order valence-corrected chi connectivity index (χ2v) is 3.72. The standard InChI is InChI=1S/C12H17FN2O.ClH/c1-9-5-6-10(8-11(9)13)15-12(16)4-3-7-14-2;/h5-6,8,14H,3-4,7H2,1-2H3,(H,15,16);1H. The van der Waals surface area contributed by atoms with Gasteiger partial charge in [-0.05, 0) is 44.6 Å². The molecule has 96 valence electrons. The molecule has 0 radical (unpaired) electrons. The predicted octanol–water partition coefficient (Wildman–Crippen LogP) is 2.49. The van der Waals surface area contributed by atoms with Crippen LogP contribution in [0, 0.1) is 12.7 Å². The van der Waals surface area contributed by atoms with Crippen LogP contribution in [0.15, 0.2) is 18.2 Å². The summed E-state index contributed by atoms with van der Waals surface area (Å²) in [4.78, 5) is 11.4. The second-order valence-electron chi connectivity index (χ2n) is 3.72. The molecule has 1 rings (SSSR count). The van der Waals surface area contributed by atoms with Gasteiger partial charge in [-0.1, -0.05) is 6.07 Å². The average Bonchev–Trinajstić information content (AvgIpc) is 2.24. The van der Waals surface area contributed by atoms with Crippen molar-refractivity contribution in [3.63, 3.8) is 0 Å². The number of halogens is 2. The fourth-order valence-electron chi connectivity index (χ4n) is 1.32. The molecule has 0 saturated carbocycles. The minimum Gasteiger partial charge on any atom is -0.326 e. The van der Waals surface area contributed by atoms with E-state index < -0.39 is 0 Å². The Morgan fingerprint density at radius 3 is 2.71 bits per heavy atom. The third-order valence-electron chi connectivity index (χ3n) is 2.29. The van der Waals surface area contributed by atoms with Crippen molar-refractivity contribution in [3.05, 3.63) is 29.6 Å². The Balaban J connectivity index is 0.00000256. The summed E-state index contributed by atoms with van der Waals surface area (Å²) in [5.74, 6) is -0.383. The normalized spacial score (nSPS) is 9.59. The number of anilines is 1. The third kappa shape index (κ3) is 5.65. The number of amides is 1. The van der Waals surface area contributed by atoms with Gasteiger partial charge in [0.15, 0.2) is 0 Å². The first-order valence-electron chi connectivity index (χ1n) is 5.34. The van der Waals surface area contributed by atoms with Crippen molar-refractivity contribution in [3.8, 4) is 0 Å². The Labute approximate surface area is 107 Å². The minimum absolute atomic E-state index is 0. The summed E-state index contributed by atoms with van der Waals surface area (Å²) in [7, 11) is 1.84. The third-order valence-corrected chi connectivity index (χ3v) is 2.29. The lowest BCUT2D eigenvalue weighted by Gasteiger charge is -2.06. The summed E-state index contributed by atoms with van der Waals surface area (Å²) in [5, 5.41) is 5.63. The molecule has 0 spiro atoms.